The SMILES string of the molecule is NC(=O)Cc1nnn(C2CCCC2)c1C(F)F. The molecular formula is C10H14F2N4O. The van der Waals surface area contributed by atoms with Crippen LogP contribution in [0, 0.1) is 0 Å². The lowest BCUT2D eigenvalue weighted by molar-refractivity contribution is -0.117. The molecule has 17 heavy (non-hydrogen) atoms. The fraction of sp³-hybridized carbons (Fsp3) is 0.700. The van der Waals surface area contributed by atoms with Crippen molar-refractivity contribution < 1.29 is 13.6 Å². The third-order valence-electron chi connectivity index (χ3n) is 3.02. The second-order valence-corrected chi connectivity index (χ2v) is 4.25. The maximum Gasteiger partial charge on any atom is 0.281 e. The van der Waals surface area contributed by atoms with Crippen LogP contribution in [0.4, 0.5) is 8.78 Å². The van der Waals surface area contributed by atoms with E-state index in [1.807, 2.05) is 0 Å². The van der Waals surface area contributed by atoms with Crippen molar-refractivity contribution in [3.8, 4) is 0 Å². The number of nitrogens with two attached hydrogens (primary N) is 1. The van der Waals surface area contributed by atoms with Gasteiger partial charge in [0.2, 0.25) is 5.91 Å². The molecule has 1 aromatic heterocycles. The van der Waals surface area contributed by atoms with E-state index in [0.29, 0.717) is 0 Å². The van der Waals surface area contributed by atoms with Crippen LogP contribution in [0.5, 0.6) is 0 Å². The fourth-order valence-corrected chi connectivity index (χ4v) is 2.27. The van der Waals surface area contributed by atoms with Crippen molar-refractivity contribution in [3.05, 3.63) is 11.4 Å². The predicted octanol–water partition coefficient (Wildman–Crippen LogP) is 1.36. The normalized spacial score (nSPS) is 16.9. The second kappa shape index (κ2) is 4.77. The van der Waals surface area contributed by atoms with E-state index < -0.39 is 12.3 Å². The van der Waals surface area contributed by atoms with Gasteiger partial charge in [-0.2, -0.15) is 0 Å². The van der Waals surface area contributed by atoms with Crippen LogP contribution in [0.25, 0.3) is 0 Å². The first-order valence-corrected chi connectivity index (χ1v) is 5.60. The van der Waals surface area contributed by atoms with Gasteiger partial charge in [0.15, 0.2) is 0 Å². The van der Waals surface area contributed by atoms with Crippen LogP contribution in [0.1, 0.15) is 49.5 Å². The summed E-state index contributed by atoms with van der Waals surface area (Å²) in [6, 6.07) is -0.0203. The highest BCUT2D eigenvalue weighted by Gasteiger charge is 2.28. The van der Waals surface area contributed by atoms with E-state index in [2.05, 4.69) is 10.3 Å². The topological polar surface area (TPSA) is 73.8 Å². The summed E-state index contributed by atoms with van der Waals surface area (Å²) in [5.74, 6) is -0.676. The first-order valence-electron chi connectivity index (χ1n) is 5.60. The lowest BCUT2D eigenvalue weighted by Gasteiger charge is -2.12. The van der Waals surface area contributed by atoms with E-state index in [9.17, 15) is 13.6 Å². The summed E-state index contributed by atoms with van der Waals surface area (Å²) in [4.78, 5) is 10.8. The lowest BCUT2D eigenvalue weighted by atomic mass is 10.2. The molecule has 1 aliphatic carbocycles. The number of rotatable bonds is 4. The molecule has 1 fully saturated rings. The van der Waals surface area contributed by atoms with E-state index in [1.54, 1.807) is 0 Å². The molecule has 0 bridgehead atoms. The highest BCUT2D eigenvalue weighted by atomic mass is 19.3. The van der Waals surface area contributed by atoms with Crippen molar-refractivity contribution in [1.82, 2.24) is 15.0 Å². The number of hydrogen-bond donors (Lipinski definition) is 1. The minimum absolute atomic E-state index is 0.000556. The largest absolute Gasteiger partial charge is 0.369 e. The Labute approximate surface area is 97.0 Å². The van der Waals surface area contributed by atoms with Crippen LogP contribution < -0.4 is 5.73 Å². The van der Waals surface area contributed by atoms with Gasteiger partial charge in [0.05, 0.1) is 12.5 Å². The van der Waals surface area contributed by atoms with Gasteiger partial charge in [-0.15, -0.1) is 5.10 Å². The molecule has 2 N–H and O–H groups in total. The van der Waals surface area contributed by atoms with Crippen LogP contribution in [-0.4, -0.2) is 20.9 Å². The van der Waals surface area contributed by atoms with Crippen LogP contribution in [-0.2, 0) is 11.2 Å². The van der Waals surface area contributed by atoms with Crippen LogP contribution in [0.2, 0.25) is 0 Å². The predicted molar refractivity (Wildman–Crippen MR) is 55.4 cm³/mol. The van der Waals surface area contributed by atoms with Gasteiger partial charge in [-0.25, -0.2) is 13.5 Å². The molecule has 0 radical (unpaired) electrons. The number of carbonyl (C=O) groups is 1. The monoisotopic (exact) mass is 244 g/mol. The Bertz CT molecular complexity index is 412. The summed E-state index contributed by atoms with van der Waals surface area (Å²) in [5, 5.41) is 7.41. The summed E-state index contributed by atoms with van der Waals surface area (Å²) in [5.41, 5.74) is 4.74. The Morgan fingerprint density at radius 2 is 2.12 bits per heavy atom. The smallest absolute Gasteiger partial charge is 0.281 e. The Morgan fingerprint density at radius 1 is 1.47 bits per heavy atom. The second-order valence-electron chi connectivity index (χ2n) is 4.25. The number of nitrogens with zero attached hydrogens (tertiary/aromatic N) is 3. The number of halogens is 2. The summed E-state index contributed by atoms with van der Waals surface area (Å²) in [7, 11) is 0. The Hall–Kier alpha value is -1.53. The van der Waals surface area contributed by atoms with Gasteiger partial charge in [-0.05, 0) is 12.8 Å². The summed E-state index contributed by atoms with van der Waals surface area (Å²) < 4.78 is 27.2. The highest BCUT2D eigenvalue weighted by molar-refractivity contribution is 5.76. The molecule has 0 atom stereocenters. The van der Waals surface area contributed by atoms with Crippen molar-refractivity contribution in [2.75, 3.05) is 0 Å². The summed E-state index contributed by atoms with van der Waals surface area (Å²) in [6.45, 7) is 0. The fourth-order valence-electron chi connectivity index (χ4n) is 2.27. The lowest BCUT2D eigenvalue weighted by Crippen LogP contribution is -2.16. The number of hydrogen-bond acceptors (Lipinski definition) is 3. The van der Waals surface area contributed by atoms with Gasteiger partial charge in [-0.3, -0.25) is 4.79 Å². The molecule has 0 spiro atoms. The van der Waals surface area contributed by atoms with Crippen LogP contribution in [0.3, 0.4) is 0 Å². The number of amides is 1. The minimum atomic E-state index is -2.68. The van der Waals surface area contributed by atoms with Gasteiger partial charge < -0.3 is 5.73 Å². The zero-order valence-electron chi connectivity index (χ0n) is 9.27. The number of alkyl halides is 2. The molecule has 1 amide bonds. The van der Waals surface area contributed by atoms with Crippen molar-refractivity contribution in [3.63, 3.8) is 0 Å². The summed E-state index contributed by atoms with van der Waals surface area (Å²) >= 11 is 0. The first-order chi connectivity index (χ1) is 8.09. The van der Waals surface area contributed by atoms with Crippen molar-refractivity contribution in [1.29, 1.82) is 0 Å². The number of aromatic nitrogens is 3. The van der Waals surface area contributed by atoms with Crippen LogP contribution in [0.15, 0.2) is 0 Å². The molecule has 1 aromatic rings. The molecular weight excluding hydrogens is 230 g/mol. The van der Waals surface area contributed by atoms with Gasteiger partial charge in [0, 0.05) is 0 Å². The molecule has 0 unspecified atom stereocenters. The molecule has 2 rings (SSSR count). The van der Waals surface area contributed by atoms with Gasteiger partial charge in [0.25, 0.3) is 6.43 Å². The van der Waals surface area contributed by atoms with Crippen molar-refractivity contribution >= 4 is 5.91 Å². The summed E-state index contributed by atoms with van der Waals surface area (Å²) in [6.07, 6.45) is 0.723. The molecule has 1 aliphatic rings. The standard InChI is InChI=1S/C10H14F2N4O/c11-10(12)9-7(5-8(13)17)14-15-16(9)6-3-1-2-4-6/h6,10H,1-5H2,(H2,13,17). The van der Waals surface area contributed by atoms with Crippen molar-refractivity contribution in [2.45, 2.75) is 44.6 Å². The maximum atomic E-state index is 13.0. The quantitative estimate of drug-likeness (QED) is 0.869. The van der Waals surface area contributed by atoms with E-state index in [0.717, 1.165) is 25.7 Å². The zero-order valence-corrected chi connectivity index (χ0v) is 9.27. The molecule has 0 saturated heterocycles. The minimum Gasteiger partial charge on any atom is -0.369 e. The molecule has 0 aromatic carbocycles. The van der Waals surface area contributed by atoms with E-state index in [-0.39, 0.29) is 23.9 Å². The molecule has 1 heterocycles. The zero-order chi connectivity index (χ0) is 12.4. The Balaban J connectivity index is 2.31. The molecule has 5 nitrogen and oxygen atoms in total. The maximum absolute atomic E-state index is 13.0. The van der Waals surface area contributed by atoms with Gasteiger partial charge in [-0.1, -0.05) is 18.1 Å². The Kier molecular flexibility index (Phi) is 3.35. The third-order valence-corrected chi connectivity index (χ3v) is 3.02. The van der Waals surface area contributed by atoms with E-state index >= 15 is 0 Å². The van der Waals surface area contributed by atoms with Gasteiger partial charge in [0.1, 0.15) is 11.4 Å². The molecule has 94 valence electrons. The molecule has 7 heteroatoms. The van der Waals surface area contributed by atoms with E-state index in [1.165, 1.54) is 4.68 Å². The van der Waals surface area contributed by atoms with Crippen LogP contribution >= 0.6 is 0 Å². The first kappa shape index (κ1) is 11.9. The average Bonchev–Trinajstić information content (AvgIpc) is 2.82. The number of carbonyl (C=O) groups excluding carboxylic acids is 1. The van der Waals surface area contributed by atoms with Crippen molar-refractivity contribution in [2.24, 2.45) is 5.73 Å². The van der Waals surface area contributed by atoms with Gasteiger partial charge >= 0.3 is 0 Å². The third kappa shape index (κ3) is 2.42. The molecule has 0 aliphatic heterocycles. The Morgan fingerprint density at radius 3 is 2.65 bits per heavy atom. The number of primary amides is 1. The molecule has 1 saturated carbocycles. The average molecular weight is 244 g/mol. The highest BCUT2D eigenvalue weighted by Crippen LogP contribution is 2.33. The van der Waals surface area contributed by atoms with E-state index in [4.69, 9.17) is 5.73 Å².